The number of nitrogens with zero attached hydrogens (tertiary/aromatic N) is 4. The largest absolute Gasteiger partial charge is 0.311 e. The van der Waals surface area contributed by atoms with E-state index in [9.17, 15) is 0 Å². The molecule has 0 saturated heterocycles. The van der Waals surface area contributed by atoms with E-state index in [0.29, 0.717) is 0 Å². The molecule has 0 saturated carbocycles. The van der Waals surface area contributed by atoms with Gasteiger partial charge in [-0.2, -0.15) is 0 Å². The zero-order chi connectivity index (χ0) is 53.4. The molecule has 0 atom stereocenters. The molecule has 376 valence electrons. The van der Waals surface area contributed by atoms with Crippen LogP contribution < -0.4 is 52.4 Å². The first-order valence-electron chi connectivity index (χ1n) is 27.9. The minimum atomic E-state index is 0.00934. The minimum Gasteiger partial charge on any atom is -0.311 e. The Hall–Kier alpha value is -9.25. The predicted molar refractivity (Wildman–Crippen MR) is 339 cm³/mol. The Morgan fingerprint density at radius 1 is 0.215 bits per heavy atom. The van der Waals surface area contributed by atoms with Gasteiger partial charge in [-0.25, -0.2) is 0 Å². The van der Waals surface area contributed by atoms with Gasteiger partial charge in [-0.1, -0.05) is 144 Å². The van der Waals surface area contributed by atoms with E-state index in [4.69, 9.17) is 0 Å². The lowest BCUT2D eigenvalue weighted by molar-refractivity contribution is 1.23. The van der Waals surface area contributed by atoms with Crippen LogP contribution >= 0.6 is 0 Å². The van der Waals surface area contributed by atoms with E-state index in [2.05, 4.69) is 293 Å². The van der Waals surface area contributed by atoms with Crippen molar-refractivity contribution in [2.45, 2.75) is 48.5 Å². The van der Waals surface area contributed by atoms with Gasteiger partial charge in [0.1, 0.15) is 0 Å². The molecule has 6 heteroatoms. The summed E-state index contributed by atoms with van der Waals surface area (Å²) in [6, 6.07) is 85.4. The molecule has 0 radical (unpaired) electrons. The van der Waals surface area contributed by atoms with Crippen LogP contribution in [0.4, 0.5) is 68.2 Å². The van der Waals surface area contributed by atoms with E-state index in [0.717, 1.165) is 11.4 Å². The van der Waals surface area contributed by atoms with E-state index >= 15 is 0 Å². The number of fused-ring (bicyclic) bond motifs is 8. The summed E-state index contributed by atoms with van der Waals surface area (Å²) in [5.74, 6) is 0. The molecule has 0 bridgehead atoms. The van der Waals surface area contributed by atoms with Gasteiger partial charge in [-0.3, -0.25) is 0 Å². The van der Waals surface area contributed by atoms with Crippen LogP contribution in [0.3, 0.4) is 0 Å². The molecule has 4 aliphatic rings. The molecular formula is C73H58B2N4. The van der Waals surface area contributed by atoms with Crippen LogP contribution in [-0.4, -0.2) is 13.4 Å². The number of hydrogen-bond acceptors (Lipinski definition) is 4. The third-order valence-electron chi connectivity index (χ3n) is 17.1. The maximum atomic E-state index is 2.51. The average Bonchev–Trinajstić information content (AvgIpc) is 3.47. The summed E-state index contributed by atoms with van der Waals surface area (Å²) in [6.07, 6.45) is 0. The molecule has 11 aromatic carbocycles. The second kappa shape index (κ2) is 17.9. The Balaban J connectivity index is 0.912. The fourth-order valence-electron chi connectivity index (χ4n) is 13.7. The van der Waals surface area contributed by atoms with Gasteiger partial charge in [0.2, 0.25) is 0 Å². The molecule has 0 aliphatic carbocycles. The monoisotopic (exact) mass is 1010 g/mol. The fourth-order valence-corrected chi connectivity index (χ4v) is 13.7. The van der Waals surface area contributed by atoms with Crippen LogP contribution in [-0.2, 0) is 0 Å². The quantitative estimate of drug-likeness (QED) is 0.154. The van der Waals surface area contributed by atoms with Crippen molar-refractivity contribution >= 4 is 114 Å². The van der Waals surface area contributed by atoms with Crippen molar-refractivity contribution in [1.82, 2.24) is 0 Å². The molecule has 4 aliphatic heterocycles. The first kappa shape index (κ1) is 47.0. The highest BCUT2D eigenvalue weighted by molar-refractivity contribution is 7.01. The third kappa shape index (κ3) is 7.45. The molecule has 0 fully saturated rings. The number of benzene rings is 11. The highest BCUT2D eigenvalue weighted by atomic mass is 15.2. The van der Waals surface area contributed by atoms with Crippen molar-refractivity contribution in [3.63, 3.8) is 0 Å². The SMILES string of the molecule is Cc1ccc(N2c3ccc(C)cc3B3c4cc(-c5cc(C)cc(-c6ccc7c(c6)B6c8cc(C)ccc8N(c8ccc(C)cc8)c8cc(C)cc(c86)N7c6ccccc6)c5)ccc4N(c4ccccc4)c4cc(C)cc2c43)cc1. The molecule has 0 aromatic heterocycles. The first-order chi connectivity index (χ1) is 38.5. The summed E-state index contributed by atoms with van der Waals surface area (Å²) >= 11 is 0. The van der Waals surface area contributed by atoms with E-state index in [1.54, 1.807) is 0 Å². The van der Waals surface area contributed by atoms with Gasteiger partial charge in [0.05, 0.1) is 0 Å². The van der Waals surface area contributed by atoms with Crippen molar-refractivity contribution in [3.05, 3.63) is 263 Å². The van der Waals surface area contributed by atoms with E-state index in [1.807, 2.05) is 0 Å². The molecule has 15 rings (SSSR count). The standard InChI is InChI=1S/C73H58B2N4/c1-45-18-26-58(27-19-45)78-64-30-22-47(3)36-60(64)74-62-43-52(24-32-66(62)76(56-14-10-8-11-15-56)68-38-50(6)40-70(78)72(68)74)54-34-49(5)35-55(42-54)53-25-33-67-63(44-53)75-61-37-48(4)23-31-65(61)79(59-28-20-46(2)21-29-59)71-41-51(7)39-69(73(71)75)77(67)57-16-12-9-13-17-57/h8-44H,1-7H3. The number of para-hydroxylation sites is 2. The highest BCUT2D eigenvalue weighted by Gasteiger charge is 2.45. The number of anilines is 12. The normalized spacial score (nSPS) is 13.4. The molecule has 79 heavy (non-hydrogen) atoms. The maximum Gasteiger partial charge on any atom is 0.252 e. The van der Waals surface area contributed by atoms with Gasteiger partial charge in [0.25, 0.3) is 13.4 Å². The number of hydrogen-bond donors (Lipinski definition) is 0. The van der Waals surface area contributed by atoms with Gasteiger partial charge in [-0.05, 0) is 223 Å². The van der Waals surface area contributed by atoms with Crippen molar-refractivity contribution in [3.8, 4) is 22.3 Å². The lowest BCUT2D eigenvalue weighted by Gasteiger charge is -2.44. The fraction of sp³-hybridized carbons (Fsp3) is 0.0959. The Morgan fingerprint density at radius 2 is 0.519 bits per heavy atom. The Morgan fingerprint density at radius 3 is 0.886 bits per heavy atom. The van der Waals surface area contributed by atoms with Gasteiger partial charge < -0.3 is 19.6 Å². The molecule has 0 spiro atoms. The summed E-state index contributed by atoms with van der Waals surface area (Å²) in [4.78, 5) is 10.0. The van der Waals surface area contributed by atoms with Gasteiger partial charge in [0.15, 0.2) is 0 Å². The second-order valence-electron chi connectivity index (χ2n) is 22.7. The molecule has 4 heterocycles. The minimum absolute atomic E-state index is 0.00934. The highest BCUT2D eigenvalue weighted by Crippen LogP contribution is 2.48. The molecular weight excluding hydrogens is 954 g/mol. The van der Waals surface area contributed by atoms with Crippen molar-refractivity contribution in [2.75, 3.05) is 19.6 Å². The number of rotatable bonds is 6. The summed E-state index contributed by atoms with van der Waals surface area (Å²) < 4.78 is 0. The Kier molecular flexibility index (Phi) is 10.7. The predicted octanol–water partition coefficient (Wildman–Crippen LogP) is 15.3. The summed E-state index contributed by atoms with van der Waals surface area (Å²) in [5.41, 5.74) is 35.9. The Labute approximate surface area is 465 Å². The smallest absolute Gasteiger partial charge is 0.252 e. The maximum absolute atomic E-state index is 2.51. The van der Waals surface area contributed by atoms with Crippen molar-refractivity contribution < 1.29 is 0 Å². The lowest BCUT2D eigenvalue weighted by atomic mass is 9.33. The average molecular weight is 1010 g/mol. The number of aryl methyl sites for hydroxylation is 7. The van der Waals surface area contributed by atoms with Crippen LogP contribution in [0, 0.1) is 48.5 Å². The molecule has 0 amide bonds. The Bertz CT molecular complexity index is 4030. The van der Waals surface area contributed by atoms with Gasteiger partial charge in [0, 0.05) is 68.2 Å². The summed E-state index contributed by atoms with van der Waals surface area (Å²) in [7, 11) is 0. The van der Waals surface area contributed by atoms with Gasteiger partial charge >= 0.3 is 0 Å². The van der Waals surface area contributed by atoms with E-state index < -0.39 is 0 Å². The summed E-state index contributed by atoms with van der Waals surface area (Å²) in [6.45, 7) is 15.6. The van der Waals surface area contributed by atoms with Gasteiger partial charge in [-0.15, -0.1) is 0 Å². The van der Waals surface area contributed by atoms with Crippen molar-refractivity contribution in [1.29, 1.82) is 0 Å². The molecule has 4 nitrogen and oxygen atoms in total. The first-order valence-corrected chi connectivity index (χ1v) is 27.9. The lowest BCUT2D eigenvalue weighted by Crippen LogP contribution is -2.61. The van der Waals surface area contributed by atoms with Crippen LogP contribution in [0.1, 0.15) is 38.9 Å². The van der Waals surface area contributed by atoms with Crippen LogP contribution in [0.2, 0.25) is 0 Å². The van der Waals surface area contributed by atoms with Crippen LogP contribution in [0.15, 0.2) is 224 Å². The van der Waals surface area contributed by atoms with E-state index in [-0.39, 0.29) is 13.4 Å². The third-order valence-corrected chi connectivity index (χ3v) is 17.1. The van der Waals surface area contributed by atoms with E-state index in [1.165, 1.54) is 151 Å². The van der Waals surface area contributed by atoms with Crippen LogP contribution in [0.25, 0.3) is 22.3 Å². The summed E-state index contributed by atoms with van der Waals surface area (Å²) in [5, 5.41) is 0. The zero-order valence-corrected chi connectivity index (χ0v) is 45.8. The molecule has 11 aromatic rings. The van der Waals surface area contributed by atoms with Crippen molar-refractivity contribution in [2.24, 2.45) is 0 Å². The van der Waals surface area contributed by atoms with Crippen LogP contribution in [0.5, 0.6) is 0 Å². The molecule has 0 N–H and O–H groups in total. The second-order valence-corrected chi connectivity index (χ2v) is 22.7. The zero-order valence-electron chi connectivity index (χ0n) is 45.8. The topological polar surface area (TPSA) is 13.0 Å². The molecule has 0 unspecified atom stereocenters.